The molecule has 0 amide bonds. The Bertz CT molecular complexity index is 1720. The predicted octanol–water partition coefficient (Wildman–Crippen LogP) is 4.71. The van der Waals surface area contributed by atoms with Gasteiger partial charge in [0.15, 0.2) is 5.82 Å². The second-order valence-corrected chi connectivity index (χ2v) is 11.0. The van der Waals surface area contributed by atoms with Crippen LogP contribution in [0, 0.1) is 27.7 Å². The van der Waals surface area contributed by atoms with Gasteiger partial charge >= 0.3 is 0 Å². The van der Waals surface area contributed by atoms with Gasteiger partial charge in [-0.05, 0) is 84.0 Å². The van der Waals surface area contributed by atoms with Crippen LogP contribution in [0.2, 0.25) is 0 Å². The van der Waals surface area contributed by atoms with Crippen molar-refractivity contribution in [3.63, 3.8) is 0 Å². The number of fused-ring (bicyclic) bond motifs is 1. The molecule has 3 heterocycles. The number of aryl methyl sites for hydroxylation is 4. The van der Waals surface area contributed by atoms with Crippen LogP contribution in [0.3, 0.4) is 0 Å². The molecule has 204 valence electrons. The van der Waals surface area contributed by atoms with Gasteiger partial charge in [0.25, 0.3) is 5.56 Å². The standard InChI is InChI=1S/C32H35N7O/c1-21-10-11-23(3)28(18-21)37-12-14-38(15-13-37)30(31-34-35-36-39(31)20-25-8-6-5-7-9-25)27-19-26-17-22(2)16-24(4)29(26)33-32(27)40/h5-11,16-19,30H,12-15,20H2,1-4H3,(H,33,40)/t30-/m1/s1. The fourth-order valence-corrected chi connectivity index (χ4v) is 5.96. The van der Waals surface area contributed by atoms with Crippen molar-refractivity contribution in [3.8, 4) is 0 Å². The Labute approximate surface area is 234 Å². The molecule has 0 unspecified atom stereocenters. The lowest BCUT2D eigenvalue weighted by atomic mass is 10.00. The third-order valence-corrected chi connectivity index (χ3v) is 7.98. The molecule has 5 aromatic rings. The summed E-state index contributed by atoms with van der Waals surface area (Å²) in [6, 6.07) is 22.7. The maximum atomic E-state index is 13.7. The molecular formula is C32H35N7O. The Morgan fingerprint density at radius 2 is 1.62 bits per heavy atom. The van der Waals surface area contributed by atoms with Crippen molar-refractivity contribution in [1.82, 2.24) is 30.1 Å². The van der Waals surface area contributed by atoms with Crippen molar-refractivity contribution in [2.24, 2.45) is 0 Å². The molecule has 1 saturated heterocycles. The molecule has 1 aliphatic heterocycles. The molecular weight excluding hydrogens is 498 g/mol. The summed E-state index contributed by atoms with van der Waals surface area (Å²) in [6.45, 7) is 12.2. The minimum atomic E-state index is -0.381. The van der Waals surface area contributed by atoms with Gasteiger partial charge in [-0.15, -0.1) is 5.10 Å². The fraction of sp³-hybridized carbons (Fsp3) is 0.312. The first kappa shape index (κ1) is 26.0. The Kier molecular flexibility index (Phi) is 6.94. The van der Waals surface area contributed by atoms with Crippen LogP contribution in [-0.2, 0) is 6.54 Å². The fourth-order valence-electron chi connectivity index (χ4n) is 5.96. The first-order valence-corrected chi connectivity index (χ1v) is 13.9. The Hall–Kier alpha value is -4.30. The van der Waals surface area contributed by atoms with E-state index in [1.165, 1.54) is 16.8 Å². The second kappa shape index (κ2) is 10.7. The smallest absolute Gasteiger partial charge is 0.253 e. The van der Waals surface area contributed by atoms with Gasteiger partial charge in [0.05, 0.1) is 12.1 Å². The van der Waals surface area contributed by atoms with Crippen LogP contribution < -0.4 is 10.5 Å². The number of anilines is 1. The topological polar surface area (TPSA) is 82.9 Å². The number of rotatable bonds is 6. The Balaban J connectivity index is 1.41. The van der Waals surface area contributed by atoms with Gasteiger partial charge in [-0.3, -0.25) is 9.69 Å². The number of nitrogens with zero attached hydrogens (tertiary/aromatic N) is 6. The van der Waals surface area contributed by atoms with Crippen LogP contribution in [0.25, 0.3) is 10.9 Å². The van der Waals surface area contributed by atoms with Gasteiger partial charge in [-0.25, -0.2) is 4.68 Å². The van der Waals surface area contributed by atoms with Crippen molar-refractivity contribution in [2.75, 3.05) is 31.1 Å². The summed E-state index contributed by atoms with van der Waals surface area (Å²) in [4.78, 5) is 21.7. The minimum Gasteiger partial charge on any atom is -0.369 e. The van der Waals surface area contributed by atoms with E-state index in [4.69, 9.17) is 0 Å². The van der Waals surface area contributed by atoms with Crippen LogP contribution in [0.1, 0.15) is 45.2 Å². The van der Waals surface area contributed by atoms with Gasteiger partial charge in [-0.2, -0.15) is 0 Å². The highest BCUT2D eigenvalue weighted by Gasteiger charge is 2.33. The van der Waals surface area contributed by atoms with Gasteiger partial charge < -0.3 is 9.88 Å². The van der Waals surface area contributed by atoms with E-state index in [1.807, 2.05) is 35.9 Å². The zero-order valence-electron chi connectivity index (χ0n) is 23.6. The lowest BCUT2D eigenvalue weighted by molar-refractivity contribution is 0.200. The molecule has 1 atom stereocenters. The predicted molar refractivity (Wildman–Crippen MR) is 159 cm³/mol. The average Bonchev–Trinajstić information content (AvgIpc) is 3.39. The molecule has 0 radical (unpaired) electrons. The van der Waals surface area contributed by atoms with Gasteiger partial charge in [0.2, 0.25) is 0 Å². The average molecular weight is 534 g/mol. The van der Waals surface area contributed by atoms with Crippen molar-refractivity contribution in [3.05, 3.63) is 116 Å². The maximum Gasteiger partial charge on any atom is 0.253 e. The van der Waals surface area contributed by atoms with Crippen molar-refractivity contribution in [2.45, 2.75) is 40.3 Å². The Morgan fingerprint density at radius 1 is 0.850 bits per heavy atom. The maximum absolute atomic E-state index is 13.7. The molecule has 8 nitrogen and oxygen atoms in total. The summed E-state index contributed by atoms with van der Waals surface area (Å²) in [5, 5.41) is 14.0. The molecule has 3 aromatic carbocycles. The van der Waals surface area contributed by atoms with Gasteiger partial charge in [-0.1, -0.05) is 54.1 Å². The van der Waals surface area contributed by atoms with E-state index < -0.39 is 0 Å². The number of aromatic amines is 1. The normalized spacial score (nSPS) is 15.1. The molecule has 0 saturated carbocycles. The number of hydrogen-bond acceptors (Lipinski definition) is 6. The number of hydrogen-bond donors (Lipinski definition) is 1. The van der Waals surface area contributed by atoms with Crippen molar-refractivity contribution in [1.29, 1.82) is 0 Å². The number of aromatic nitrogens is 5. The number of benzene rings is 3. The van der Waals surface area contributed by atoms with E-state index in [9.17, 15) is 4.79 Å². The third kappa shape index (κ3) is 5.02. The summed E-state index contributed by atoms with van der Waals surface area (Å²) in [7, 11) is 0. The van der Waals surface area contributed by atoms with E-state index in [-0.39, 0.29) is 11.6 Å². The van der Waals surface area contributed by atoms with Crippen LogP contribution in [0.4, 0.5) is 5.69 Å². The second-order valence-electron chi connectivity index (χ2n) is 11.0. The van der Waals surface area contributed by atoms with Crippen LogP contribution in [0.15, 0.2) is 71.5 Å². The van der Waals surface area contributed by atoms with Crippen LogP contribution >= 0.6 is 0 Å². The summed E-state index contributed by atoms with van der Waals surface area (Å²) in [5.74, 6) is 0.679. The monoisotopic (exact) mass is 533 g/mol. The van der Waals surface area contributed by atoms with E-state index in [1.54, 1.807) is 0 Å². The van der Waals surface area contributed by atoms with E-state index >= 15 is 0 Å². The molecule has 1 N–H and O–H groups in total. The Morgan fingerprint density at radius 3 is 2.40 bits per heavy atom. The summed E-state index contributed by atoms with van der Waals surface area (Å²) >= 11 is 0. The number of nitrogens with one attached hydrogen (secondary N) is 1. The molecule has 0 spiro atoms. The lowest BCUT2D eigenvalue weighted by Crippen LogP contribution is -2.49. The lowest BCUT2D eigenvalue weighted by Gasteiger charge is -2.40. The summed E-state index contributed by atoms with van der Waals surface area (Å²) < 4.78 is 1.84. The summed E-state index contributed by atoms with van der Waals surface area (Å²) in [5.41, 5.74) is 8.59. The molecule has 40 heavy (non-hydrogen) atoms. The first-order valence-electron chi connectivity index (χ1n) is 13.9. The SMILES string of the molecule is Cc1ccc(C)c(N2CCN([C@H](c3cc4cc(C)cc(C)c4[nH]c3=O)c3nnnn3Cc3ccccc3)CC2)c1. The van der Waals surface area contributed by atoms with E-state index in [0.717, 1.165) is 53.8 Å². The van der Waals surface area contributed by atoms with Crippen LogP contribution in [0.5, 0.6) is 0 Å². The van der Waals surface area contributed by atoms with Crippen molar-refractivity contribution < 1.29 is 0 Å². The zero-order chi connectivity index (χ0) is 27.8. The summed E-state index contributed by atoms with van der Waals surface area (Å²) in [6.07, 6.45) is 0. The molecule has 2 aromatic heterocycles. The quantitative estimate of drug-likeness (QED) is 0.341. The number of tetrazole rings is 1. The van der Waals surface area contributed by atoms with E-state index in [0.29, 0.717) is 17.9 Å². The largest absolute Gasteiger partial charge is 0.369 e. The third-order valence-electron chi connectivity index (χ3n) is 7.98. The van der Waals surface area contributed by atoms with Crippen molar-refractivity contribution >= 4 is 16.6 Å². The van der Waals surface area contributed by atoms with Gasteiger partial charge in [0.1, 0.15) is 6.04 Å². The zero-order valence-corrected chi connectivity index (χ0v) is 23.6. The minimum absolute atomic E-state index is 0.101. The number of piperazine rings is 1. The molecule has 0 aliphatic carbocycles. The van der Waals surface area contributed by atoms with E-state index in [2.05, 4.69) is 93.5 Å². The number of H-pyrrole nitrogens is 1. The molecule has 6 rings (SSSR count). The van der Waals surface area contributed by atoms with Gasteiger partial charge in [0, 0.05) is 37.4 Å². The highest BCUT2D eigenvalue weighted by molar-refractivity contribution is 5.83. The van der Waals surface area contributed by atoms with Crippen LogP contribution in [-0.4, -0.2) is 56.3 Å². The molecule has 1 aliphatic rings. The first-order chi connectivity index (χ1) is 19.4. The highest BCUT2D eigenvalue weighted by Crippen LogP contribution is 2.31. The molecule has 0 bridgehead atoms. The highest BCUT2D eigenvalue weighted by atomic mass is 16.1. The molecule has 8 heteroatoms. The number of pyridine rings is 1. The molecule has 1 fully saturated rings.